The Hall–Kier alpha value is -3.20. The second-order valence-electron chi connectivity index (χ2n) is 10.0. The minimum absolute atomic E-state index is 0.0285. The molecule has 9 heteroatoms. The van der Waals surface area contributed by atoms with Gasteiger partial charge in [-0.1, -0.05) is 30.3 Å². The molecule has 204 valence electrons. The average Bonchev–Trinajstić information content (AvgIpc) is 3.32. The van der Waals surface area contributed by atoms with Crippen molar-refractivity contribution in [2.75, 3.05) is 26.2 Å². The largest absolute Gasteiger partial charge is 0.396 e. The van der Waals surface area contributed by atoms with Crippen molar-refractivity contribution in [3.63, 3.8) is 0 Å². The van der Waals surface area contributed by atoms with Crippen molar-refractivity contribution >= 4 is 17.6 Å². The molecule has 1 fully saturated rings. The van der Waals surface area contributed by atoms with E-state index >= 15 is 0 Å². The van der Waals surface area contributed by atoms with Gasteiger partial charge < -0.3 is 9.74 Å². The van der Waals surface area contributed by atoms with Gasteiger partial charge in [0.25, 0.3) is 0 Å². The normalized spacial score (nSPS) is 15.5. The lowest BCUT2D eigenvalue weighted by atomic mass is 9.94. The Bertz CT molecular complexity index is 1230. The van der Waals surface area contributed by atoms with Crippen molar-refractivity contribution in [1.29, 1.82) is 0 Å². The van der Waals surface area contributed by atoms with E-state index < -0.39 is 24.8 Å². The number of Topliss-reactive ketones (excluding diaryl/α,β-unsaturated/α-hetero) is 1. The second-order valence-corrected chi connectivity index (χ2v) is 10.0. The van der Waals surface area contributed by atoms with Crippen LogP contribution in [0.25, 0.3) is 16.9 Å². The van der Waals surface area contributed by atoms with Crippen LogP contribution in [0.15, 0.2) is 53.9 Å². The summed E-state index contributed by atoms with van der Waals surface area (Å²) in [4.78, 5) is 24.6. The van der Waals surface area contributed by atoms with Gasteiger partial charge in [0, 0.05) is 30.2 Å². The van der Waals surface area contributed by atoms with Gasteiger partial charge in [0.2, 0.25) is 0 Å². The number of aromatic nitrogens is 2. The number of hydrogen-bond acceptors (Lipinski definition) is 5. The van der Waals surface area contributed by atoms with Crippen LogP contribution in [0, 0.1) is 5.92 Å². The molecule has 0 N–H and O–H groups in total. The fourth-order valence-electron chi connectivity index (χ4n) is 4.91. The van der Waals surface area contributed by atoms with Crippen LogP contribution in [-0.4, -0.2) is 58.7 Å². The molecular weight excluding hydrogens is 493 g/mol. The number of rotatable bonds is 12. The number of halogens is 3. The Morgan fingerprint density at radius 3 is 2.79 bits per heavy atom. The third-order valence-corrected chi connectivity index (χ3v) is 6.99. The first-order valence-electron chi connectivity index (χ1n) is 13.3. The smallest absolute Gasteiger partial charge is 0.389 e. The van der Waals surface area contributed by atoms with Gasteiger partial charge in [0.15, 0.2) is 0 Å². The highest BCUT2D eigenvalue weighted by atomic mass is 19.4. The summed E-state index contributed by atoms with van der Waals surface area (Å²) in [6.45, 7) is 6.39. The Kier molecular flexibility index (Phi) is 9.55. The number of oxime groups is 1. The van der Waals surface area contributed by atoms with Crippen LogP contribution in [0.5, 0.6) is 0 Å². The van der Waals surface area contributed by atoms with Gasteiger partial charge in [0.1, 0.15) is 18.0 Å². The summed E-state index contributed by atoms with van der Waals surface area (Å²) in [7, 11) is 0. The summed E-state index contributed by atoms with van der Waals surface area (Å²) in [5, 5.41) is 4.14. The molecule has 0 unspecified atom stereocenters. The first kappa shape index (κ1) is 27.8. The van der Waals surface area contributed by atoms with Crippen molar-refractivity contribution in [3.05, 3.63) is 59.9 Å². The summed E-state index contributed by atoms with van der Waals surface area (Å²) in [6, 6.07) is 11.1. The molecule has 1 saturated heterocycles. The molecule has 0 amide bonds. The molecule has 1 aliphatic rings. The first-order chi connectivity index (χ1) is 18.3. The molecule has 0 bridgehead atoms. The molecule has 0 spiro atoms. The fraction of sp³-hybridized carbons (Fsp3) is 0.483. The molecule has 0 radical (unpaired) electrons. The number of alkyl halides is 3. The summed E-state index contributed by atoms with van der Waals surface area (Å²) < 4.78 is 39.1. The van der Waals surface area contributed by atoms with Crippen LogP contribution in [0.1, 0.15) is 56.6 Å². The number of benzene rings is 1. The molecule has 38 heavy (non-hydrogen) atoms. The van der Waals surface area contributed by atoms with E-state index in [0.29, 0.717) is 18.1 Å². The zero-order chi connectivity index (χ0) is 27.0. The van der Waals surface area contributed by atoms with Gasteiger partial charge in [-0.2, -0.15) is 13.2 Å². The number of fused-ring (bicyclic) bond motifs is 1. The number of carbonyl (C=O) groups excluding carboxylic acids is 1. The summed E-state index contributed by atoms with van der Waals surface area (Å²) >= 11 is 0. The number of nitrogens with zero attached hydrogens (tertiary/aromatic N) is 4. The first-order valence-corrected chi connectivity index (χ1v) is 13.3. The van der Waals surface area contributed by atoms with E-state index in [1.54, 1.807) is 24.5 Å². The van der Waals surface area contributed by atoms with Crippen LogP contribution in [0.3, 0.4) is 0 Å². The SMILES string of the molecule is CCCN1CCC(CCO/N=C\c2ccn3c(-c4cccc(CC(=O)CCC(F)(F)F)c4)cnc3c2)CC1. The number of likely N-dealkylation sites (tertiary alicyclic amines) is 1. The highest BCUT2D eigenvalue weighted by molar-refractivity contribution is 5.82. The van der Waals surface area contributed by atoms with E-state index in [1.807, 2.05) is 34.9 Å². The van der Waals surface area contributed by atoms with Crippen molar-refractivity contribution < 1.29 is 22.8 Å². The van der Waals surface area contributed by atoms with Gasteiger partial charge in [0.05, 0.1) is 24.5 Å². The van der Waals surface area contributed by atoms with Gasteiger partial charge in [-0.3, -0.25) is 9.20 Å². The molecule has 6 nitrogen and oxygen atoms in total. The molecule has 3 heterocycles. The summed E-state index contributed by atoms with van der Waals surface area (Å²) in [6.07, 6.45) is 4.05. The highest BCUT2D eigenvalue weighted by Crippen LogP contribution is 2.25. The summed E-state index contributed by atoms with van der Waals surface area (Å²) in [5.74, 6) is 0.274. The Morgan fingerprint density at radius 2 is 2.03 bits per heavy atom. The van der Waals surface area contributed by atoms with Crippen LogP contribution < -0.4 is 0 Å². The Balaban J connectivity index is 1.30. The van der Waals surface area contributed by atoms with Crippen LogP contribution >= 0.6 is 0 Å². The fourth-order valence-corrected chi connectivity index (χ4v) is 4.91. The topological polar surface area (TPSA) is 59.2 Å². The zero-order valence-electron chi connectivity index (χ0n) is 21.8. The maximum Gasteiger partial charge on any atom is 0.389 e. The third kappa shape index (κ3) is 8.15. The van der Waals surface area contributed by atoms with E-state index in [0.717, 1.165) is 28.9 Å². The lowest BCUT2D eigenvalue weighted by molar-refractivity contribution is -0.143. The monoisotopic (exact) mass is 528 g/mol. The van der Waals surface area contributed by atoms with E-state index in [9.17, 15) is 18.0 Å². The number of imidazole rings is 1. The van der Waals surface area contributed by atoms with E-state index in [4.69, 9.17) is 4.84 Å². The molecule has 3 aromatic rings. The predicted octanol–water partition coefficient (Wildman–Crippen LogP) is 6.32. The highest BCUT2D eigenvalue weighted by Gasteiger charge is 2.27. The minimum Gasteiger partial charge on any atom is -0.396 e. The van der Waals surface area contributed by atoms with E-state index in [2.05, 4.69) is 22.0 Å². The molecular formula is C29H35F3N4O2. The van der Waals surface area contributed by atoms with Crippen LogP contribution in [0.4, 0.5) is 13.2 Å². The second kappa shape index (κ2) is 13.0. The minimum atomic E-state index is -4.32. The average molecular weight is 529 g/mol. The zero-order valence-corrected chi connectivity index (χ0v) is 21.8. The lowest BCUT2D eigenvalue weighted by Gasteiger charge is -2.31. The molecule has 0 aliphatic carbocycles. The standard InChI is InChI=1S/C29H35F3N4O2/c1-2-12-35-13-7-22(8-14-35)10-16-38-34-20-24-9-15-36-27(21-33-28(36)19-24)25-5-3-4-23(17-25)18-26(37)6-11-29(30,31)32/h3-5,9,15,17,19-22H,2,6-8,10-14,16,18H2,1H3/b34-20-. The molecule has 0 saturated carbocycles. The summed E-state index contributed by atoms with van der Waals surface area (Å²) in [5.41, 5.74) is 3.94. The predicted molar refractivity (Wildman–Crippen MR) is 142 cm³/mol. The molecule has 0 atom stereocenters. The Morgan fingerprint density at radius 1 is 1.21 bits per heavy atom. The Labute approximate surface area is 221 Å². The van der Waals surface area contributed by atoms with Gasteiger partial charge in [-0.15, -0.1) is 0 Å². The van der Waals surface area contributed by atoms with Crippen LogP contribution in [-0.2, 0) is 16.1 Å². The number of carbonyl (C=O) groups is 1. The third-order valence-electron chi connectivity index (χ3n) is 6.99. The van der Waals surface area contributed by atoms with Gasteiger partial charge in [-0.25, -0.2) is 4.98 Å². The number of hydrogen-bond donors (Lipinski definition) is 0. The van der Waals surface area contributed by atoms with Gasteiger partial charge in [-0.05, 0) is 75.0 Å². The molecule has 4 rings (SSSR count). The number of pyridine rings is 1. The maximum atomic E-state index is 12.4. The maximum absolute atomic E-state index is 12.4. The van der Waals surface area contributed by atoms with Crippen molar-refractivity contribution in [2.45, 2.75) is 58.0 Å². The van der Waals surface area contributed by atoms with Crippen LogP contribution in [0.2, 0.25) is 0 Å². The van der Waals surface area contributed by atoms with Gasteiger partial charge >= 0.3 is 6.18 Å². The van der Waals surface area contributed by atoms with Crippen molar-refractivity contribution in [1.82, 2.24) is 14.3 Å². The van der Waals surface area contributed by atoms with E-state index in [1.165, 1.54) is 38.9 Å². The van der Waals surface area contributed by atoms with Crippen molar-refractivity contribution in [2.24, 2.45) is 11.1 Å². The number of piperidine rings is 1. The van der Waals surface area contributed by atoms with Crippen molar-refractivity contribution in [3.8, 4) is 11.3 Å². The number of ketones is 1. The molecule has 1 aromatic carbocycles. The van der Waals surface area contributed by atoms with E-state index in [-0.39, 0.29) is 6.42 Å². The lowest BCUT2D eigenvalue weighted by Crippen LogP contribution is -2.34. The quantitative estimate of drug-likeness (QED) is 0.157. The molecule has 1 aliphatic heterocycles. The molecule has 2 aromatic heterocycles.